The number of rotatable bonds is 7. The van der Waals surface area contributed by atoms with Gasteiger partial charge < -0.3 is 21.3 Å². The van der Waals surface area contributed by atoms with Crippen LogP contribution in [0, 0.1) is 11.8 Å². The van der Waals surface area contributed by atoms with E-state index in [0.29, 0.717) is 18.8 Å². The van der Waals surface area contributed by atoms with Gasteiger partial charge in [-0.25, -0.2) is 0 Å². The van der Waals surface area contributed by atoms with Gasteiger partial charge in [0.25, 0.3) is 5.91 Å². The van der Waals surface area contributed by atoms with Gasteiger partial charge in [0, 0.05) is 6.54 Å². The van der Waals surface area contributed by atoms with Gasteiger partial charge in [-0.15, -0.1) is 0 Å². The average molecular weight is 451 g/mol. The Balaban J connectivity index is 2.90. The molecule has 1 heterocycles. The van der Waals surface area contributed by atoms with Gasteiger partial charge in [-0.3, -0.25) is 24.0 Å². The van der Waals surface area contributed by atoms with Crippen LogP contribution in [-0.2, 0) is 24.0 Å². The predicted octanol–water partition coefficient (Wildman–Crippen LogP) is 0.978. The third-order valence-corrected chi connectivity index (χ3v) is 5.09. The average Bonchev–Trinajstić information content (AvgIpc) is 2.71. The van der Waals surface area contributed by atoms with Crippen LogP contribution in [0.1, 0.15) is 66.7 Å². The lowest BCUT2D eigenvalue weighted by Crippen LogP contribution is -2.54. The Morgan fingerprint density at radius 1 is 1.06 bits per heavy atom. The normalized spacial score (nSPS) is 23.8. The first-order chi connectivity index (χ1) is 15.0. The van der Waals surface area contributed by atoms with Crippen molar-refractivity contribution in [2.75, 3.05) is 6.54 Å². The first kappa shape index (κ1) is 27.3. The Labute approximate surface area is 190 Å². The van der Waals surface area contributed by atoms with E-state index in [1.165, 1.54) is 13.0 Å². The standard InChI is InChI=1S/C23H38N4O5/c1-14(2)9-6-7-11-19(28)26-17-10-8-12-24-21(30)18(13-15(3)4)27-23(32)20(29)16(5)25-22(17)31/h7,11,14-18H,6,8-10,12-13H2,1-5H3,(H,24,30)(H,25,31)(H,26,28)(H,27,32)/b11-7-/t16-,17?,18?/m0/s1. The Morgan fingerprint density at radius 2 is 1.75 bits per heavy atom. The largest absolute Gasteiger partial charge is 0.354 e. The summed E-state index contributed by atoms with van der Waals surface area (Å²) in [4.78, 5) is 62.2. The highest BCUT2D eigenvalue weighted by molar-refractivity contribution is 6.38. The topological polar surface area (TPSA) is 133 Å². The molecule has 0 aromatic heterocycles. The minimum Gasteiger partial charge on any atom is -0.354 e. The molecule has 3 atom stereocenters. The van der Waals surface area contributed by atoms with Crippen LogP contribution in [-0.4, -0.2) is 54.1 Å². The number of allylic oxidation sites excluding steroid dienone is 1. The van der Waals surface area contributed by atoms with Crippen LogP contribution in [0.5, 0.6) is 0 Å². The lowest BCUT2D eigenvalue weighted by molar-refractivity contribution is -0.141. The van der Waals surface area contributed by atoms with Crippen molar-refractivity contribution in [3.8, 4) is 0 Å². The second-order valence-corrected chi connectivity index (χ2v) is 9.12. The zero-order valence-electron chi connectivity index (χ0n) is 19.8. The summed E-state index contributed by atoms with van der Waals surface area (Å²) in [6.07, 6.45) is 5.96. The minimum atomic E-state index is -1.09. The summed E-state index contributed by atoms with van der Waals surface area (Å²) in [5, 5.41) is 10.4. The van der Waals surface area contributed by atoms with Crippen LogP contribution in [0.3, 0.4) is 0 Å². The molecule has 4 amide bonds. The van der Waals surface area contributed by atoms with Gasteiger partial charge >= 0.3 is 0 Å². The van der Waals surface area contributed by atoms with Crippen molar-refractivity contribution >= 4 is 29.4 Å². The summed E-state index contributed by atoms with van der Waals surface area (Å²) in [7, 11) is 0. The van der Waals surface area contributed by atoms with Crippen LogP contribution < -0.4 is 21.3 Å². The molecule has 0 aromatic rings. The quantitative estimate of drug-likeness (QED) is 0.339. The number of nitrogens with one attached hydrogen (secondary N) is 4. The Kier molecular flexibility index (Phi) is 11.7. The summed E-state index contributed by atoms with van der Waals surface area (Å²) in [5.74, 6) is -2.45. The number of amides is 4. The molecule has 1 fully saturated rings. The maximum atomic E-state index is 12.7. The molecule has 9 heteroatoms. The van der Waals surface area contributed by atoms with E-state index >= 15 is 0 Å². The number of carbonyl (C=O) groups is 5. The molecule has 9 nitrogen and oxygen atoms in total. The number of ketones is 1. The van der Waals surface area contributed by atoms with Crippen molar-refractivity contribution in [1.82, 2.24) is 21.3 Å². The van der Waals surface area contributed by atoms with Crippen molar-refractivity contribution < 1.29 is 24.0 Å². The van der Waals surface area contributed by atoms with Gasteiger partial charge in [-0.05, 0) is 56.9 Å². The van der Waals surface area contributed by atoms with Crippen molar-refractivity contribution in [1.29, 1.82) is 0 Å². The van der Waals surface area contributed by atoms with Crippen LogP contribution in [0.2, 0.25) is 0 Å². The van der Waals surface area contributed by atoms with E-state index in [-0.39, 0.29) is 24.8 Å². The van der Waals surface area contributed by atoms with E-state index in [1.54, 1.807) is 6.08 Å². The van der Waals surface area contributed by atoms with Crippen LogP contribution in [0.25, 0.3) is 0 Å². The molecule has 32 heavy (non-hydrogen) atoms. The van der Waals surface area contributed by atoms with E-state index in [4.69, 9.17) is 0 Å². The monoisotopic (exact) mass is 450 g/mol. The van der Waals surface area contributed by atoms with Crippen LogP contribution >= 0.6 is 0 Å². The number of hydrogen-bond acceptors (Lipinski definition) is 5. The fourth-order valence-corrected chi connectivity index (χ4v) is 3.26. The molecule has 4 N–H and O–H groups in total. The number of hydrogen-bond donors (Lipinski definition) is 4. The smallest absolute Gasteiger partial charge is 0.290 e. The molecule has 1 aliphatic heterocycles. The SMILES string of the molecule is CC(C)CC/C=C\C(=O)NC1CCCNC(=O)C(CC(C)C)NC(=O)C(=O)[C@H](C)NC1=O. The molecule has 180 valence electrons. The minimum absolute atomic E-state index is 0.127. The first-order valence-corrected chi connectivity index (χ1v) is 11.4. The van der Waals surface area contributed by atoms with E-state index < -0.39 is 41.6 Å². The number of Topliss-reactive ketones (excluding diaryl/α,β-unsaturated/α-hetero) is 1. The summed E-state index contributed by atoms with van der Waals surface area (Å²) >= 11 is 0. The Hall–Kier alpha value is -2.71. The van der Waals surface area contributed by atoms with Crippen LogP contribution in [0.4, 0.5) is 0 Å². The van der Waals surface area contributed by atoms with Gasteiger partial charge in [0.05, 0.1) is 6.04 Å². The van der Waals surface area contributed by atoms with E-state index in [0.717, 1.165) is 12.8 Å². The highest BCUT2D eigenvalue weighted by Gasteiger charge is 2.30. The molecule has 1 aliphatic rings. The highest BCUT2D eigenvalue weighted by Crippen LogP contribution is 2.07. The molecule has 0 bridgehead atoms. The number of carbonyl (C=O) groups excluding carboxylic acids is 5. The van der Waals surface area contributed by atoms with Crippen LogP contribution in [0.15, 0.2) is 12.2 Å². The second kappa shape index (κ2) is 13.6. The molecule has 1 saturated heterocycles. The maximum absolute atomic E-state index is 12.7. The van der Waals surface area contributed by atoms with E-state index in [9.17, 15) is 24.0 Å². The fraction of sp³-hybridized carbons (Fsp3) is 0.696. The van der Waals surface area contributed by atoms with Gasteiger partial charge in [0.2, 0.25) is 23.5 Å². The summed E-state index contributed by atoms with van der Waals surface area (Å²) in [6.45, 7) is 9.69. The molecule has 0 spiro atoms. The van der Waals surface area contributed by atoms with E-state index in [1.807, 2.05) is 13.8 Å². The van der Waals surface area contributed by atoms with Crippen molar-refractivity contribution in [2.45, 2.75) is 84.8 Å². The molecule has 0 aromatic carbocycles. The fourth-order valence-electron chi connectivity index (χ4n) is 3.26. The summed E-state index contributed by atoms with van der Waals surface area (Å²) in [6, 6.07) is -2.81. The second-order valence-electron chi connectivity index (χ2n) is 9.12. The predicted molar refractivity (Wildman–Crippen MR) is 121 cm³/mol. The zero-order valence-corrected chi connectivity index (χ0v) is 19.8. The van der Waals surface area contributed by atoms with E-state index in [2.05, 4.69) is 35.1 Å². The maximum Gasteiger partial charge on any atom is 0.290 e. The third-order valence-electron chi connectivity index (χ3n) is 5.09. The first-order valence-electron chi connectivity index (χ1n) is 11.4. The summed E-state index contributed by atoms with van der Waals surface area (Å²) < 4.78 is 0. The van der Waals surface area contributed by atoms with Gasteiger partial charge in [0.1, 0.15) is 12.1 Å². The van der Waals surface area contributed by atoms with Gasteiger partial charge in [-0.1, -0.05) is 33.8 Å². The Morgan fingerprint density at radius 3 is 2.38 bits per heavy atom. The van der Waals surface area contributed by atoms with Crippen molar-refractivity contribution in [3.63, 3.8) is 0 Å². The molecular weight excluding hydrogens is 412 g/mol. The third kappa shape index (κ3) is 10.1. The molecule has 1 rings (SSSR count). The molecule has 2 unspecified atom stereocenters. The summed E-state index contributed by atoms with van der Waals surface area (Å²) in [5.41, 5.74) is 0. The molecule has 0 radical (unpaired) electrons. The molecule has 0 aliphatic carbocycles. The van der Waals surface area contributed by atoms with Crippen molar-refractivity contribution in [3.05, 3.63) is 12.2 Å². The van der Waals surface area contributed by atoms with Crippen molar-refractivity contribution in [2.24, 2.45) is 11.8 Å². The van der Waals surface area contributed by atoms with Gasteiger partial charge in [0.15, 0.2) is 0 Å². The Bertz CT molecular complexity index is 717. The lowest BCUT2D eigenvalue weighted by atomic mass is 10.0. The lowest BCUT2D eigenvalue weighted by Gasteiger charge is -2.20. The molecule has 0 saturated carbocycles. The van der Waals surface area contributed by atoms with Gasteiger partial charge in [-0.2, -0.15) is 0 Å². The highest BCUT2D eigenvalue weighted by atomic mass is 16.2. The molecular formula is C23H38N4O5. The zero-order chi connectivity index (χ0) is 24.3.